The van der Waals surface area contributed by atoms with E-state index in [0.717, 1.165) is 11.8 Å². The number of aliphatic hydroxyl groups is 4. The van der Waals surface area contributed by atoms with Gasteiger partial charge in [0.15, 0.2) is 6.29 Å². The Morgan fingerprint density at radius 2 is 1.81 bits per heavy atom. The quantitative estimate of drug-likeness (QED) is 0.312. The van der Waals surface area contributed by atoms with E-state index in [4.69, 9.17) is 15.2 Å². The average molecular weight is 402 g/mol. The number of para-hydroxylation sites is 1. The summed E-state index contributed by atoms with van der Waals surface area (Å²) in [6, 6.07) is 7.64. The number of amides is 1. The first-order valence-corrected chi connectivity index (χ1v) is 9.07. The Balaban J connectivity index is 1.73. The summed E-state index contributed by atoms with van der Waals surface area (Å²) in [6.07, 6.45) is -7.84. The predicted molar refractivity (Wildman–Crippen MR) is 95.8 cm³/mol. The van der Waals surface area contributed by atoms with Gasteiger partial charge in [-0.1, -0.05) is 30.0 Å². The number of rotatable bonds is 6. The predicted octanol–water partition coefficient (Wildman–Crippen LogP) is -1.38. The number of esters is 1. The van der Waals surface area contributed by atoms with E-state index in [-0.39, 0.29) is 5.75 Å². The fraction of sp³-hybridized carbons (Fsp3) is 0.500. The van der Waals surface area contributed by atoms with E-state index >= 15 is 0 Å². The van der Waals surface area contributed by atoms with Crippen molar-refractivity contribution in [3.8, 4) is 0 Å². The number of nitrogens with one attached hydrogen (secondary N) is 1. The number of benzene rings is 1. The molecule has 1 aromatic rings. The van der Waals surface area contributed by atoms with Gasteiger partial charge in [-0.25, -0.2) is 0 Å². The monoisotopic (exact) mass is 402 g/mol. The number of carbonyl (C=O) groups excluding carboxylic acids is 2. The molecule has 1 aliphatic heterocycles. The van der Waals surface area contributed by atoms with Crippen LogP contribution in [0.2, 0.25) is 0 Å². The summed E-state index contributed by atoms with van der Waals surface area (Å²) in [5, 5.41) is 40.4. The lowest BCUT2D eigenvalue weighted by atomic mass is 9.99. The molecule has 1 aromatic carbocycles. The first-order valence-electron chi connectivity index (χ1n) is 8.08. The number of hydrogen-bond donors (Lipinski definition) is 6. The highest BCUT2D eigenvalue weighted by molar-refractivity contribution is 8.13. The molecule has 11 heteroatoms. The third-order valence-corrected chi connectivity index (χ3v) is 4.68. The number of anilines is 1. The van der Waals surface area contributed by atoms with Gasteiger partial charge >= 0.3 is 5.97 Å². The largest absolute Gasteiger partial charge is 0.462 e. The summed E-state index contributed by atoms with van der Waals surface area (Å²) in [5.74, 6) is -0.892. The minimum atomic E-state index is -1.72. The summed E-state index contributed by atoms with van der Waals surface area (Å²) in [5.41, 5.74) is 6.27. The molecule has 150 valence electrons. The zero-order valence-electron chi connectivity index (χ0n) is 14.2. The number of nitrogens with two attached hydrogens (primary N) is 1. The maximum Gasteiger partial charge on any atom is 0.323 e. The Kier molecular flexibility index (Phi) is 7.98. The van der Waals surface area contributed by atoms with Gasteiger partial charge in [-0.3, -0.25) is 9.59 Å². The minimum Gasteiger partial charge on any atom is -0.462 e. The summed E-state index contributed by atoms with van der Waals surface area (Å²) in [6.45, 7) is -0.491. The molecule has 0 bridgehead atoms. The van der Waals surface area contributed by atoms with Crippen LogP contribution in [0.5, 0.6) is 0 Å². The van der Waals surface area contributed by atoms with Crippen molar-refractivity contribution in [1.82, 2.24) is 0 Å². The van der Waals surface area contributed by atoms with Crippen molar-refractivity contribution < 1.29 is 39.5 Å². The van der Waals surface area contributed by atoms with Crippen molar-refractivity contribution in [2.24, 2.45) is 5.73 Å². The molecule has 0 aromatic heterocycles. The van der Waals surface area contributed by atoms with E-state index in [1.807, 2.05) is 0 Å². The second-order valence-electron chi connectivity index (χ2n) is 5.86. The van der Waals surface area contributed by atoms with Crippen molar-refractivity contribution in [1.29, 1.82) is 0 Å². The standard InChI is InChI=1S/C16H22N2O8S/c17-9(7-27-16(24)18-8-4-2-1-3-5-8)14(22)25-6-10-11(19)12(20)13(21)15(23)26-10/h1-5,9-13,15,19-21,23H,6-7,17H2,(H,18,24)/t9-,10+,11+,12-,13+,15-/m1/s1. The lowest BCUT2D eigenvalue weighted by Crippen LogP contribution is -2.58. The highest BCUT2D eigenvalue weighted by Crippen LogP contribution is 2.20. The van der Waals surface area contributed by atoms with Crippen molar-refractivity contribution in [2.45, 2.75) is 36.7 Å². The first-order chi connectivity index (χ1) is 12.8. The summed E-state index contributed by atoms with van der Waals surface area (Å²) in [7, 11) is 0. The van der Waals surface area contributed by atoms with Gasteiger partial charge in [0, 0.05) is 11.4 Å². The van der Waals surface area contributed by atoms with E-state index in [9.17, 15) is 30.0 Å². The molecule has 1 aliphatic rings. The van der Waals surface area contributed by atoms with Gasteiger partial charge in [-0.05, 0) is 12.1 Å². The number of thioether (sulfide) groups is 1. The van der Waals surface area contributed by atoms with E-state index in [2.05, 4.69) is 5.32 Å². The van der Waals surface area contributed by atoms with Gasteiger partial charge in [-0.2, -0.15) is 0 Å². The molecule has 7 N–H and O–H groups in total. The highest BCUT2D eigenvalue weighted by Gasteiger charge is 2.43. The van der Waals surface area contributed by atoms with Gasteiger partial charge < -0.3 is 41.0 Å². The fourth-order valence-electron chi connectivity index (χ4n) is 2.25. The molecule has 6 atom stereocenters. The van der Waals surface area contributed by atoms with E-state index < -0.39 is 54.6 Å². The van der Waals surface area contributed by atoms with Crippen LogP contribution in [0.25, 0.3) is 0 Å². The Morgan fingerprint density at radius 1 is 1.15 bits per heavy atom. The van der Waals surface area contributed by atoms with Crippen LogP contribution in [0.15, 0.2) is 30.3 Å². The second kappa shape index (κ2) is 9.99. The Bertz CT molecular complexity index is 634. The summed E-state index contributed by atoms with van der Waals surface area (Å²) >= 11 is 0.801. The fourth-order valence-corrected chi connectivity index (χ4v) is 2.91. The van der Waals surface area contributed by atoms with E-state index in [1.165, 1.54) is 0 Å². The number of hydrogen-bond acceptors (Lipinski definition) is 10. The molecule has 0 spiro atoms. The molecule has 1 saturated heterocycles. The number of aliphatic hydroxyl groups excluding tert-OH is 4. The van der Waals surface area contributed by atoms with Crippen molar-refractivity contribution in [3.05, 3.63) is 30.3 Å². The summed E-state index contributed by atoms with van der Waals surface area (Å²) < 4.78 is 9.78. The van der Waals surface area contributed by atoms with Crippen LogP contribution in [-0.4, -0.2) is 80.7 Å². The van der Waals surface area contributed by atoms with Crippen LogP contribution in [0.1, 0.15) is 0 Å². The zero-order chi connectivity index (χ0) is 20.0. The first kappa shape index (κ1) is 21.6. The Labute approximate surface area is 159 Å². The van der Waals surface area contributed by atoms with Gasteiger partial charge in [-0.15, -0.1) is 0 Å². The SMILES string of the molecule is N[C@H](CSC(=O)Nc1ccccc1)C(=O)OC[C@@H]1O[C@@H](O)[C@@H](O)[C@H](O)[C@H]1O. The molecule has 0 unspecified atom stereocenters. The molecular formula is C16H22N2O8S. The van der Waals surface area contributed by atoms with Crippen molar-refractivity contribution in [2.75, 3.05) is 17.7 Å². The molecule has 10 nitrogen and oxygen atoms in total. The lowest BCUT2D eigenvalue weighted by molar-refractivity contribution is -0.287. The highest BCUT2D eigenvalue weighted by atomic mass is 32.2. The molecule has 0 radical (unpaired) electrons. The Morgan fingerprint density at radius 3 is 2.48 bits per heavy atom. The van der Waals surface area contributed by atoms with Crippen LogP contribution in [-0.2, 0) is 14.3 Å². The second-order valence-corrected chi connectivity index (χ2v) is 6.86. The molecule has 1 fully saturated rings. The maximum atomic E-state index is 11.9. The third-order valence-electron chi connectivity index (χ3n) is 3.79. The van der Waals surface area contributed by atoms with E-state index in [0.29, 0.717) is 5.69 Å². The lowest BCUT2D eigenvalue weighted by Gasteiger charge is -2.37. The smallest absolute Gasteiger partial charge is 0.323 e. The third kappa shape index (κ3) is 6.14. The molecule has 1 amide bonds. The van der Waals surface area contributed by atoms with E-state index in [1.54, 1.807) is 30.3 Å². The summed E-state index contributed by atoms with van der Waals surface area (Å²) in [4.78, 5) is 23.7. The van der Waals surface area contributed by atoms with Gasteiger partial charge in [0.1, 0.15) is 37.1 Å². The Hall–Kier alpha value is -1.73. The topological polar surface area (TPSA) is 172 Å². The average Bonchev–Trinajstić information content (AvgIpc) is 2.66. The molecule has 27 heavy (non-hydrogen) atoms. The van der Waals surface area contributed by atoms with Crippen molar-refractivity contribution >= 4 is 28.7 Å². The molecule has 0 saturated carbocycles. The van der Waals surface area contributed by atoms with Crippen molar-refractivity contribution in [3.63, 3.8) is 0 Å². The minimum absolute atomic E-state index is 0.0461. The maximum absolute atomic E-state index is 11.9. The van der Waals surface area contributed by atoms with Gasteiger partial charge in [0.05, 0.1) is 0 Å². The number of carbonyl (C=O) groups is 2. The van der Waals surface area contributed by atoms with Crippen LogP contribution in [0.3, 0.4) is 0 Å². The molecule has 0 aliphatic carbocycles. The van der Waals surface area contributed by atoms with Crippen LogP contribution < -0.4 is 11.1 Å². The number of ether oxygens (including phenoxy) is 2. The van der Waals surface area contributed by atoms with Crippen LogP contribution in [0, 0.1) is 0 Å². The van der Waals surface area contributed by atoms with Gasteiger partial charge in [0.25, 0.3) is 5.24 Å². The molecule has 2 rings (SSSR count). The zero-order valence-corrected chi connectivity index (χ0v) is 15.0. The normalized spacial score (nSPS) is 29.0. The molecular weight excluding hydrogens is 380 g/mol. The van der Waals surface area contributed by atoms with Crippen LogP contribution >= 0.6 is 11.8 Å². The van der Waals surface area contributed by atoms with Gasteiger partial charge in [0.2, 0.25) is 0 Å². The molecule has 1 heterocycles. The van der Waals surface area contributed by atoms with Crippen LogP contribution in [0.4, 0.5) is 10.5 Å².